The minimum Gasteiger partial charge on any atom is -0.491 e. The van der Waals surface area contributed by atoms with Crippen molar-refractivity contribution in [1.82, 2.24) is 0 Å². The van der Waals surface area contributed by atoms with Gasteiger partial charge in [0.05, 0.1) is 29.3 Å². The van der Waals surface area contributed by atoms with E-state index in [0.717, 1.165) is 25.7 Å². The van der Waals surface area contributed by atoms with Gasteiger partial charge in [-0.25, -0.2) is 0 Å². The van der Waals surface area contributed by atoms with E-state index in [1.54, 1.807) is 6.07 Å². The minimum absolute atomic E-state index is 0.0179. The molecule has 0 aromatic heterocycles. The van der Waals surface area contributed by atoms with Gasteiger partial charge in [-0.05, 0) is 39.5 Å². The molecular formula is C15H22N2O4. The zero-order chi connectivity index (χ0) is 15.4. The Morgan fingerprint density at radius 2 is 1.81 bits per heavy atom. The normalized spacial score (nSPS) is 22.1. The molecule has 6 heteroatoms. The first-order valence-corrected chi connectivity index (χ1v) is 7.32. The van der Waals surface area contributed by atoms with E-state index in [9.17, 15) is 10.1 Å². The maximum Gasteiger partial charge on any atom is 0.276 e. The molecule has 0 aliphatic heterocycles. The van der Waals surface area contributed by atoms with Crippen LogP contribution in [-0.4, -0.2) is 23.2 Å². The van der Waals surface area contributed by atoms with Gasteiger partial charge >= 0.3 is 0 Å². The summed E-state index contributed by atoms with van der Waals surface area (Å²) in [6.45, 7) is 3.75. The smallest absolute Gasteiger partial charge is 0.276 e. The number of nitro groups is 1. The van der Waals surface area contributed by atoms with Crippen molar-refractivity contribution >= 4 is 5.69 Å². The van der Waals surface area contributed by atoms with Crippen molar-refractivity contribution in [3.05, 3.63) is 28.3 Å². The predicted molar refractivity (Wildman–Crippen MR) is 79.7 cm³/mol. The van der Waals surface area contributed by atoms with Crippen LogP contribution in [0.2, 0.25) is 0 Å². The lowest BCUT2D eigenvalue weighted by Crippen LogP contribution is -2.31. The Morgan fingerprint density at radius 3 is 2.38 bits per heavy atom. The van der Waals surface area contributed by atoms with E-state index in [1.165, 1.54) is 12.1 Å². The van der Waals surface area contributed by atoms with Crippen LogP contribution >= 0.6 is 0 Å². The second-order valence-corrected chi connectivity index (χ2v) is 5.74. The number of nitrogens with two attached hydrogens (primary N) is 1. The summed E-state index contributed by atoms with van der Waals surface area (Å²) in [5.41, 5.74) is 5.85. The number of hydrogen-bond donors (Lipinski definition) is 1. The lowest BCUT2D eigenvalue weighted by atomic mass is 9.94. The van der Waals surface area contributed by atoms with Crippen molar-refractivity contribution in [3.63, 3.8) is 0 Å². The molecule has 0 saturated heterocycles. The highest BCUT2D eigenvalue weighted by Gasteiger charge is 2.21. The lowest BCUT2D eigenvalue weighted by Gasteiger charge is -2.26. The SMILES string of the molecule is CC(C)Oc1cc(OC2CCC(N)CC2)cc([N+](=O)[O-])c1. The van der Waals surface area contributed by atoms with Gasteiger partial charge in [0.15, 0.2) is 0 Å². The van der Waals surface area contributed by atoms with Crippen molar-refractivity contribution in [2.24, 2.45) is 5.73 Å². The molecule has 0 atom stereocenters. The molecule has 0 amide bonds. The van der Waals surface area contributed by atoms with Gasteiger partial charge in [0.25, 0.3) is 5.69 Å². The second kappa shape index (κ2) is 6.76. The zero-order valence-corrected chi connectivity index (χ0v) is 12.5. The number of ether oxygens (including phenoxy) is 2. The summed E-state index contributed by atoms with van der Waals surface area (Å²) in [7, 11) is 0. The molecule has 21 heavy (non-hydrogen) atoms. The van der Waals surface area contributed by atoms with Gasteiger partial charge in [0.1, 0.15) is 11.5 Å². The largest absolute Gasteiger partial charge is 0.491 e. The lowest BCUT2D eigenvalue weighted by molar-refractivity contribution is -0.385. The van der Waals surface area contributed by atoms with Crippen molar-refractivity contribution in [2.75, 3.05) is 0 Å². The molecule has 116 valence electrons. The molecule has 1 aliphatic rings. The second-order valence-electron chi connectivity index (χ2n) is 5.74. The predicted octanol–water partition coefficient (Wildman–Crippen LogP) is 3.03. The Kier molecular flexibility index (Phi) is 5.01. The molecular weight excluding hydrogens is 272 g/mol. The minimum atomic E-state index is -0.434. The van der Waals surface area contributed by atoms with E-state index >= 15 is 0 Å². The number of hydrogen-bond acceptors (Lipinski definition) is 5. The molecule has 0 unspecified atom stereocenters. The number of non-ortho nitro benzene ring substituents is 1. The zero-order valence-electron chi connectivity index (χ0n) is 12.5. The Bertz CT molecular complexity index is 496. The molecule has 0 spiro atoms. The summed E-state index contributed by atoms with van der Waals surface area (Å²) >= 11 is 0. The molecule has 1 fully saturated rings. The monoisotopic (exact) mass is 294 g/mol. The average Bonchev–Trinajstić information content (AvgIpc) is 2.40. The van der Waals surface area contributed by atoms with Crippen molar-refractivity contribution in [3.8, 4) is 11.5 Å². The quantitative estimate of drug-likeness (QED) is 0.666. The third kappa shape index (κ3) is 4.60. The maximum absolute atomic E-state index is 11.0. The Hall–Kier alpha value is -1.82. The highest BCUT2D eigenvalue weighted by molar-refractivity contribution is 5.46. The van der Waals surface area contributed by atoms with Crippen LogP contribution in [0.1, 0.15) is 39.5 Å². The molecule has 0 radical (unpaired) electrons. The molecule has 6 nitrogen and oxygen atoms in total. The van der Waals surface area contributed by atoms with E-state index in [-0.39, 0.29) is 23.9 Å². The van der Waals surface area contributed by atoms with Crippen LogP contribution in [0, 0.1) is 10.1 Å². The summed E-state index contributed by atoms with van der Waals surface area (Å²) in [5, 5.41) is 11.0. The highest BCUT2D eigenvalue weighted by atomic mass is 16.6. The number of nitro benzene ring substituents is 1. The van der Waals surface area contributed by atoms with Gasteiger partial charge in [0, 0.05) is 12.1 Å². The summed E-state index contributed by atoms with van der Waals surface area (Å²) < 4.78 is 11.4. The van der Waals surface area contributed by atoms with Gasteiger partial charge in [-0.15, -0.1) is 0 Å². The van der Waals surface area contributed by atoms with Crippen molar-refractivity contribution in [1.29, 1.82) is 0 Å². The summed E-state index contributed by atoms with van der Waals surface area (Å²) in [6.07, 6.45) is 3.63. The number of benzene rings is 1. The molecule has 1 aliphatic carbocycles. The first-order valence-electron chi connectivity index (χ1n) is 7.32. The fraction of sp³-hybridized carbons (Fsp3) is 0.600. The summed E-state index contributed by atoms with van der Waals surface area (Å²) in [6, 6.07) is 4.82. The summed E-state index contributed by atoms with van der Waals surface area (Å²) in [4.78, 5) is 10.6. The molecule has 0 bridgehead atoms. The van der Waals surface area contributed by atoms with Gasteiger partial charge in [0.2, 0.25) is 0 Å². The summed E-state index contributed by atoms with van der Waals surface area (Å²) in [5.74, 6) is 0.946. The average molecular weight is 294 g/mol. The molecule has 1 aromatic carbocycles. The van der Waals surface area contributed by atoms with Crippen LogP contribution in [0.5, 0.6) is 11.5 Å². The molecule has 1 aromatic rings. The van der Waals surface area contributed by atoms with Crippen LogP contribution in [-0.2, 0) is 0 Å². The van der Waals surface area contributed by atoms with E-state index in [4.69, 9.17) is 15.2 Å². The Morgan fingerprint density at radius 1 is 1.19 bits per heavy atom. The fourth-order valence-electron chi connectivity index (χ4n) is 2.47. The van der Waals surface area contributed by atoms with E-state index in [2.05, 4.69) is 0 Å². The standard InChI is InChI=1S/C15H22N2O4/c1-10(2)20-14-7-12(17(18)19)8-15(9-14)21-13-5-3-11(16)4-6-13/h7-11,13H,3-6,16H2,1-2H3. The molecule has 2 N–H and O–H groups in total. The maximum atomic E-state index is 11.0. The van der Waals surface area contributed by atoms with E-state index < -0.39 is 4.92 Å². The third-order valence-corrected chi connectivity index (χ3v) is 3.47. The van der Waals surface area contributed by atoms with Crippen LogP contribution < -0.4 is 15.2 Å². The van der Waals surface area contributed by atoms with Crippen LogP contribution in [0.25, 0.3) is 0 Å². The van der Waals surface area contributed by atoms with Gasteiger partial charge in [-0.2, -0.15) is 0 Å². The van der Waals surface area contributed by atoms with Crippen molar-refractivity contribution < 1.29 is 14.4 Å². The highest BCUT2D eigenvalue weighted by Crippen LogP contribution is 2.31. The number of nitrogens with zero attached hydrogens (tertiary/aromatic N) is 1. The Labute approximate surface area is 124 Å². The first kappa shape index (κ1) is 15.6. The molecule has 1 saturated carbocycles. The van der Waals surface area contributed by atoms with Gasteiger partial charge in [-0.1, -0.05) is 0 Å². The first-order chi connectivity index (χ1) is 9.94. The number of rotatable bonds is 5. The molecule has 0 heterocycles. The van der Waals surface area contributed by atoms with Gasteiger partial charge < -0.3 is 15.2 Å². The van der Waals surface area contributed by atoms with E-state index in [1.807, 2.05) is 13.8 Å². The molecule has 2 rings (SSSR count). The fourth-order valence-corrected chi connectivity index (χ4v) is 2.47. The van der Waals surface area contributed by atoms with Crippen LogP contribution in [0.15, 0.2) is 18.2 Å². The van der Waals surface area contributed by atoms with Crippen molar-refractivity contribution in [2.45, 2.75) is 57.8 Å². The van der Waals surface area contributed by atoms with Crippen LogP contribution in [0.4, 0.5) is 5.69 Å². The van der Waals surface area contributed by atoms with E-state index in [0.29, 0.717) is 11.5 Å². The Balaban J connectivity index is 2.13. The van der Waals surface area contributed by atoms with Crippen LogP contribution in [0.3, 0.4) is 0 Å². The third-order valence-electron chi connectivity index (χ3n) is 3.47. The topological polar surface area (TPSA) is 87.6 Å². The van der Waals surface area contributed by atoms with Gasteiger partial charge in [-0.3, -0.25) is 10.1 Å².